The fourth-order valence-electron chi connectivity index (χ4n) is 3.59. The van der Waals surface area contributed by atoms with Crippen molar-refractivity contribution in [3.8, 4) is 0 Å². The van der Waals surface area contributed by atoms with Crippen LogP contribution in [-0.4, -0.2) is 37.5 Å². The van der Waals surface area contributed by atoms with Gasteiger partial charge in [-0.2, -0.15) is 8.42 Å². The van der Waals surface area contributed by atoms with Crippen LogP contribution in [0.5, 0.6) is 0 Å². The second kappa shape index (κ2) is 9.12. The summed E-state index contributed by atoms with van der Waals surface area (Å²) in [6, 6.07) is 16.1. The quantitative estimate of drug-likeness (QED) is 0.422. The van der Waals surface area contributed by atoms with Crippen LogP contribution in [0, 0.1) is 5.41 Å². The molecule has 0 amide bonds. The Bertz CT molecular complexity index is 1180. The summed E-state index contributed by atoms with van der Waals surface area (Å²) >= 11 is 3.23. The van der Waals surface area contributed by atoms with E-state index < -0.39 is 10.1 Å². The maximum Gasteiger partial charge on any atom is 0.264 e. The molecule has 2 aliphatic rings. The summed E-state index contributed by atoms with van der Waals surface area (Å²) < 4.78 is 31.3. The fourth-order valence-corrected chi connectivity index (χ4v) is 6.40. The second-order valence-electron chi connectivity index (χ2n) is 7.10. The van der Waals surface area contributed by atoms with E-state index in [9.17, 15) is 8.42 Å². The molecule has 2 aromatic rings. The molecule has 0 atom stereocenters. The van der Waals surface area contributed by atoms with Crippen LogP contribution in [0.1, 0.15) is 13.3 Å². The van der Waals surface area contributed by atoms with Crippen LogP contribution in [0.15, 0.2) is 80.5 Å². The van der Waals surface area contributed by atoms with Crippen molar-refractivity contribution in [1.82, 2.24) is 0 Å². The summed E-state index contributed by atoms with van der Waals surface area (Å²) in [5.74, 6) is -0.286. The number of hydrogen-bond acceptors (Lipinski definition) is 7. The molecule has 0 aliphatic carbocycles. The van der Waals surface area contributed by atoms with Crippen LogP contribution < -0.4 is 9.80 Å². The van der Waals surface area contributed by atoms with E-state index in [2.05, 4.69) is 24.0 Å². The molecule has 2 N–H and O–H groups in total. The van der Waals surface area contributed by atoms with E-state index in [1.165, 1.54) is 4.90 Å². The number of anilines is 2. The summed E-state index contributed by atoms with van der Waals surface area (Å²) in [5, 5.41) is 10.5. The number of rotatable bonds is 7. The van der Waals surface area contributed by atoms with Gasteiger partial charge in [-0.25, -0.2) is 0 Å². The van der Waals surface area contributed by atoms with Crippen LogP contribution in [-0.2, 0) is 10.1 Å². The fraction of sp³-hybridized carbons (Fsp3) is 0.227. The van der Waals surface area contributed by atoms with Crippen molar-refractivity contribution < 1.29 is 13.0 Å². The number of nitrogens with zero attached hydrogens (tertiary/aromatic N) is 2. The van der Waals surface area contributed by atoms with E-state index in [-0.39, 0.29) is 5.75 Å². The number of benzene rings is 2. The molecule has 0 saturated heterocycles. The van der Waals surface area contributed by atoms with Gasteiger partial charge in [-0.05, 0) is 49.8 Å². The molecule has 0 fully saturated rings. The standard InChI is InChI=1S/C22H23N3O3S3/c1-2-24-17-8-3-5-10-19(17)29-21(24)14-16(23)15-22-25(12-7-13-31(26,27)28)18-9-4-6-11-20(18)30-22/h3-6,8-11,14-15,23H,2,7,12-13H2,1H3,(H,26,27,28)/b21-14-,22-15+,23-16?. The first kappa shape index (κ1) is 22.0. The SMILES string of the molecule is CCN1/C(=C/C(=N)/C=C2/Sc3ccccc3N2CCCS(=O)(=O)O)Sc2ccccc21. The van der Waals surface area contributed by atoms with Crippen LogP contribution >= 0.6 is 23.5 Å². The van der Waals surface area contributed by atoms with Gasteiger partial charge in [0.25, 0.3) is 10.1 Å². The van der Waals surface area contributed by atoms with Crippen molar-refractivity contribution in [1.29, 1.82) is 5.41 Å². The van der Waals surface area contributed by atoms with Gasteiger partial charge in [0.05, 0.1) is 32.9 Å². The number of nitrogens with one attached hydrogen (secondary N) is 1. The van der Waals surface area contributed by atoms with Crippen molar-refractivity contribution in [2.45, 2.75) is 23.1 Å². The summed E-state index contributed by atoms with van der Waals surface area (Å²) in [6.45, 7) is 3.36. The summed E-state index contributed by atoms with van der Waals surface area (Å²) in [4.78, 5) is 6.48. The zero-order valence-corrected chi connectivity index (χ0v) is 19.4. The Labute approximate surface area is 191 Å². The lowest BCUT2D eigenvalue weighted by Gasteiger charge is -2.20. The highest BCUT2D eigenvalue weighted by Crippen LogP contribution is 2.47. The van der Waals surface area contributed by atoms with E-state index in [0.717, 1.165) is 32.9 Å². The van der Waals surface area contributed by atoms with E-state index in [1.807, 2.05) is 53.5 Å². The third-order valence-electron chi connectivity index (χ3n) is 4.93. The van der Waals surface area contributed by atoms with Gasteiger partial charge in [0.1, 0.15) is 0 Å². The monoisotopic (exact) mass is 473 g/mol. The van der Waals surface area contributed by atoms with Crippen LogP contribution in [0.4, 0.5) is 11.4 Å². The molecular formula is C22H23N3O3S3. The van der Waals surface area contributed by atoms with Gasteiger partial charge in [0, 0.05) is 22.9 Å². The molecule has 6 nitrogen and oxygen atoms in total. The predicted octanol–water partition coefficient (Wildman–Crippen LogP) is 5.21. The maximum absolute atomic E-state index is 11.1. The molecular weight excluding hydrogens is 450 g/mol. The first-order valence-electron chi connectivity index (χ1n) is 9.91. The number of allylic oxidation sites excluding steroid dienone is 2. The van der Waals surface area contributed by atoms with Gasteiger partial charge >= 0.3 is 0 Å². The van der Waals surface area contributed by atoms with Crippen molar-refractivity contribution in [2.75, 3.05) is 28.6 Å². The highest BCUT2D eigenvalue weighted by Gasteiger charge is 2.26. The van der Waals surface area contributed by atoms with Gasteiger partial charge in [-0.15, -0.1) is 0 Å². The van der Waals surface area contributed by atoms with Crippen molar-refractivity contribution in [2.24, 2.45) is 0 Å². The summed E-state index contributed by atoms with van der Waals surface area (Å²) in [6.07, 6.45) is 4.00. The lowest BCUT2D eigenvalue weighted by atomic mass is 10.2. The normalized spacial score (nSPS) is 18.0. The molecule has 0 bridgehead atoms. The zero-order chi connectivity index (χ0) is 22.0. The Morgan fingerprint density at radius 3 is 2.03 bits per heavy atom. The molecule has 2 aliphatic heterocycles. The molecule has 0 aromatic heterocycles. The van der Waals surface area contributed by atoms with Crippen molar-refractivity contribution >= 4 is 50.7 Å². The highest BCUT2D eigenvalue weighted by molar-refractivity contribution is 8.04. The highest BCUT2D eigenvalue weighted by atomic mass is 32.2. The maximum atomic E-state index is 11.1. The molecule has 4 rings (SSSR count). The van der Waals surface area contributed by atoms with Gasteiger partial charge in [0.2, 0.25) is 0 Å². The van der Waals surface area contributed by atoms with Crippen LogP contribution in [0.2, 0.25) is 0 Å². The van der Waals surface area contributed by atoms with E-state index in [1.54, 1.807) is 23.5 Å². The minimum atomic E-state index is -4.00. The van der Waals surface area contributed by atoms with Crippen molar-refractivity contribution in [3.05, 3.63) is 70.7 Å². The van der Waals surface area contributed by atoms with Gasteiger partial charge in [-0.3, -0.25) is 4.55 Å². The van der Waals surface area contributed by atoms with Gasteiger partial charge in [-0.1, -0.05) is 47.8 Å². The Kier molecular flexibility index (Phi) is 6.47. The molecule has 2 aromatic carbocycles. The Balaban J connectivity index is 1.56. The number of fused-ring (bicyclic) bond motifs is 2. The second-order valence-corrected chi connectivity index (χ2v) is 10.8. The topological polar surface area (TPSA) is 84.7 Å². The lowest BCUT2D eigenvalue weighted by Crippen LogP contribution is -2.22. The third kappa shape index (κ3) is 5.01. The average molecular weight is 474 g/mol. The number of thioether (sulfide) groups is 2. The average Bonchev–Trinajstić information content (AvgIpc) is 3.24. The Morgan fingerprint density at radius 2 is 1.48 bits per heavy atom. The molecule has 9 heteroatoms. The van der Waals surface area contributed by atoms with E-state index in [4.69, 9.17) is 9.96 Å². The zero-order valence-electron chi connectivity index (χ0n) is 17.0. The molecule has 0 spiro atoms. The molecule has 0 saturated carbocycles. The van der Waals surface area contributed by atoms with Crippen LogP contribution in [0.3, 0.4) is 0 Å². The Morgan fingerprint density at radius 1 is 0.968 bits per heavy atom. The summed E-state index contributed by atoms with van der Waals surface area (Å²) in [5.41, 5.74) is 2.53. The summed E-state index contributed by atoms with van der Waals surface area (Å²) in [7, 11) is -4.00. The van der Waals surface area contributed by atoms with Gasteiger partial charge < -0.3 is 15.2 Å². The molecule has 0 unspecified atom stereocenters. The third-order valence-corrected chi connectivity index (χ3v) is 7.96. The van der Waals surface area contributed by atoms with Crippen molar-refractivity contribution in [3.63, 3.8) is 0 Å². The smallest absolute Gasteiger partial charge is 0.264 e. The predicted molar refractivity (Wildman–Crippen MR) is 130 cm³/mol. The minimum Gasteiger partial charge on any atom is -0.335 e. The first-order valence-corrected chi connectivity index (χ1v) is 13.2. The van der Waals surface area contributed by atoms with E-state index in [0.29, 0.717) is 18.7 Å². The molecule has 31 heavy (non-hydrogen) atoms. The van der Waals surface area contributed by atoms with E-state index >= 15 is 0 Å². The minimum absolute atomic E-state index is 0.286. The Hall–Kier alpha value is -2.20. The molecule has 0 radical (unpaired) electrons. The van der Waals surface area contributed by atoms with Gasteiger partial charge in [0.15, 0.2) is 0 Å². The first-order chi connectivity index (χ1) is 14.9. The molecule has 162 valence electrons. The van der Waals surface area contributed by atoms with Crippen LogP contribution in [0.25, 0.3) is 0 Å². The molecule has 2 heterocycles. The number of para-hydroxylation sites is 2. The lowest BCUT2D eigenvalue weighted by molar-refractivity contribution is 0.481. The largest absolute Gasteiger partial charge is 0.335 e. The number of hydrogen-bond donors (Lipinski definition) is 2.